The van der Waals surface area contributed by atoms with Crippen molar-refractivity contribution in [2.75, 3.05) is 0 Å². The molecule has 0 saturated heterocycles. The Labute approximate surface area is 115 Å². The van der Waals surface area contributed by atoms with Crippen molar-refractivity contribution in [3.63, 3.8) is 0 Å². The van der Waals surface area contributed by atoms with Crippen molar-refractivity contribution >= 4 is 11.0 Å². The highest BCUT2D eigenvalue weighted by Gasteiger charge is 2.10. The van der Waals surface area contributed by atoms with E-state index in [0.29, 0.717) is 0 Å². The molecule has 0 aliphatic carbocycles. The topological polar surface area (TPSA) is 38.0 Å². The van der Waals surface area contributed by atoms with E-state index in [9.17, 15) is 5.11 Å². The van der Waals surface area contributed by atoms with E-state index in [4.69, 9.17) is 4.98 Å². The lowest BCUT2D eigenvalue weighted by molar-refractivity contribution is 0.157. The van der Waals surface area contributed by atoms with Crippen LogP contribution < -0.4 is 0 Å². The van der Waals surface area contributed by atoms with Crippen LogP contribution in [0, 0.1) is 0 Å². The zero-order valence-electron chi connectivity index (χ0n) is 12.0. The number of aliphatic hydroxyl groups excluding tert-OH is 1. The molecule has 1 atom stereocenters. The molecule has 0 fully saturated rings. The Balaban J connectivity index is 2.14. The van der Waals surface area contributed by atoms with Crippen LogP contribution in [0.2, 0.25) is 0 Å². The van der Waals surface area contributed by atoms with E-state index in [1.807, 2.05) is 13.0 Å². The largest absolute Gasteiger partial charge is 0.393 e. The molecule has 104 valence electrons. The second kappa shape index (κ2) is 6.71. The maximum atomic E-state index is 9.62. The van der Waals surface area contributed by atoms with Gasteiger partial charge >= 0.3 is 0 Å². The van der Waals surface area contributed by atoms with Gasteiger partial charge in [-0.25, -0.2) is 4.98 Å². The van der Waals surface area contributed by atoms with Gasteiger partial charge in [0, 0.05) is 13.0 Å². The van der Waals surface area contributed by atoms with Crippen LogP contribution in [0.5, 0.6) is 0 Å². The number of fused-ring (bicyclic) bond motifs is 1. The summed E-state index contributed by atoms with van der Waals surface area (Å²) in [6.07, 6.45) is 4.61. The number of hydrogen-bond donors (Lipinski definition) is 1. The zero-order chi connectivity index (χ0) is 13.7. The molecule has 1 aromatic heterocycles. The summed E-state index contributed by atoms with van der Waals surface area (Å²) in [4.78, 5) is 4.74. The second-order valence-corrected chi connectivity index (χ2v) is 5.12. The molecule has 0 aliphatic rings. The van der Waals surface area contributed by atoms with Crippen LogP contribution in [0.4, 0.5) is 0 Å². The van der Waals surface area contributed by atoms with E-state index in [1.165, 1.54) is 5.52 Å². The molecule has 0 radical (unpaired) electrons. The Morgan fingerprint density at radius 3 is 2.79 bits per heavy atom. The van der Waals surface area contributed by atoms with Crippen LogP contribution in [-0.4, -0.2) is 20.8 Å². The van der Waals surface area contributed by atoms with Crippen molar-refractivity contribution in [1.82, 2.24) is 9.55 Å². The van der Waals surface area contributed by atoms with Gasteiger partial charge in [0.1, 0.15) is 5.82 Å². The molecule has 2 aromatic rings. The first-order chi connectivity index (χ1) is 9.26. The summed E-state index contributed by atoms with van der Waals surface area (Å²) in [5.74, 6) is 1.16. The molecule has 0 aliphatic heterocycles. The average Bonchev–Trinajstić information content (AvgIpc) is 2.77. The van der Waals surface area contributed by atoms with Crippen molar-refractivity contribution in [3.05, 3.63) is 30.1 Å². The second-order valence-electron chi connectivity index (χ2n) is 5.12. The SMILES string of the molecule is CCCn1c(CCCC(O)CC)nc2ccccc21. The van der Waals surface area contributed by atoms with Crippen LogP contribution >= 0.6 is 0 Å². The number of imidazole rings is 1. The molecule has 0 saturated carbocycles. The van der Waals surface area contributed by atoms with Crippen molar-refractivity contribution in [2.45, 2.75) is 58.6 Å². The average molecular weight is 260 g/mol. The molecule has 2 rings (SSSR count). The van der Waals surface area contributed by atoms with Gasteiger partial charge in [0.15, 0.2) is 0 Å². The lowest BCUT2D eigenvalue weighted by Crippen LogP contribution is -2.07. The van der Waals surface area contributed by atoms with Gasteiger partial charge in [0.05, 0.1) is 17.1 Å². The number of nitrogens with zero attached hydrogens (tertiary/aromatic N) is 2. The summed E-state index contributed by atoms with van der Waals surface area (Å²) in [5, 5.41) is 9.62. The maximum Gasteiger partial charge on any atom is 0.109 e. The number of aryl methyl sites for hydroxylation is 2. The van der Waals surface area contributed by atoms with E-state index in [-0.39, 0.29) is 6.10 Å². The number of hydrogen-bond acceptors (Lipinski definition) is 2. The van der Waals surface area contributed by atoms with E-state index in [0.717, 1.165) is 50.0 Å². The third-order valence-electron chi connectivity index (χ3n) is 3.59. The normalized spacial score (nSPS) is 13.0. The summed E-state index contributed by atoms with van der Waals surface area (Å²) in [6.45, 7) is 5.24. The summed E-state index contributed by atoms with van der Waals surface area (Å²) in [5.41, 5.74) is 2.32. The molecule has 3 nitrogen and oxygen atoms in total. The fourth-order valence-corrected chi connectivity index (χ4v) is 2.49. The van der Waals surface area contributed by atoms with Gasteiger partial charge in [-0.05, 0) is 37.8 Å². The first-order valence-corrected chi connectivity index (χ1v) is 7.38. The van der Waals surface area contributed by atoms with Crippen LogP contribution in [0.15, 0.2) is 24.3 Å². The van der Waals surface area contributed by atoms with Gasteiger partial charge in [-0.3, -0.25) is 0 Å². The monoisotopic (exact) mass is 260 g/mol. The third kappa shape index (κ3) is 3.35. The van der Waals surface area contributed by atoms with Crippen LogP contribution in [0.1, 0.15) is 45.4 Å². The Hall–Kier alpha value is -1.35. The number of aromatic nitrogens is 2. The molecule has 3 heteroatoms. The van der Waals surface area contributed by atoms with Crippen molar-refractivity contribution < 1.29 is 5.11 Å². The number of benzene rings is 1. The maximum absolute atomic E-state index is 9.62. The van der Waals surface area contributed by atoms with Gasteiger partial charge in [0.25, 0.3) is 0 Å². The number of para-hydroxylation sites is 2. The van der Waals surface area contributed by atoms with Gasteiger partial charge in [-0.15, -0.1) is 0 Å². The Morgan fingerprint density at radius 2 is 2.05 bits per heavy atom. The molecule has 0 spiro atoms. The smallest absolute Gasteiger partial charge is 0.109 e. The van der Waals surface area contributed by atoms with E-state index >= 15 is 0 Å². The van der Waals surface area contributed by atoms with E-state index in [1.54, 1.807) is 0 Å². The van der Waals surface area contributed by atoms with E-state index < -0.39 is 0 Å². The van der Waals surface area contributed by atoms with Crippen LogP contribution in [-0.2, 0) is 13.0 Å². The molecule has 0 bridgehead atoms. The molecule has 19 heavy (non-hydrogen) atoms. The fourth-order valence-electron chi connectivity index (χ4n) is 2.49. The first-order valence-electron chi connectivity index (χ1n) is 7.38. The molecular formula is C16H24N2O. The molecule has 1 aromatic carbocycles. The zero-order valence-corrected chi connectivity index (χ0v) is 12.0. The molecule has 1 heterocycles. The minimum atomic E-state index is -0.163. The number of aliphatic hydroxyl groups is 1. The summed E-state index contributed by atoms with van der Waals surface area (Å²) >= 11 is 0. The predicted octanol–water partition coefficient (Wildman–Crippen LogP) is 3.54. The summed E-state index contributed by atoms with van der Waals surface area (Å²) < 4.78 is 2.33. The highest BCUT2D eigenvalue weighted by Crippen LogP contribution is 2.18. The number of rotatable bonds is 7. The lowest BCUT2D eigenvalue weighted by atomic mass is 10.1. The molecular weight excluding hydrogens is 236 g/mol. The Morgan fingerprint density at radius 1 is 1.26 bits per heavy atom. The van der Waals surface area contributed by atoms with Gasteiger partial charge in [0.2, 0.25) is 0 Å². The molecule has 1 N–H and O–H groups in total. The highest BCUT2D eigenvalue weighted by atomic mass is 16.3. The first kappa shape index (κ1) is 14.1. The van der Waals surface area contributed by atoms with Crippen molar-refractivity contribution in [2.24, 2.45) is 0 Å². The van der Waals surface area contributed by atoms with Crippen molar-refractivity contribution in [1.29, 1.82) is 0 Å². The van der Waals surface area contributed by atoms with Gasteiger partial charge < -0.3 is 9.67 Å². The van der Waals surface area contributed by atoms with E-state index in [2.05, 4.69) is 29.7 Å². The third-order valence-corrected chi connectivity index (χ3v) is 3.59. The summed E-state index contributed by atoms with van der Waals surface area (Å²) in [7, 11) is 0. The molecule has 0 amide bonds. The predicted molar refractivity (Wildman–Crippen MR) is 79.3 cm³/mol. The quantitative estimate of drug-likeness (QED) is 0.827. The van der Waals surface area contributed by atoms with Crippen molar-refractivity contribution in [3.8, 4) is 0 Å². The minimum Gasteiger partial charge on any atom is -0.393 e. The fraction of sp³-hybridized carbons (Fsp3) is 0.562. The standard InChI is InChI=1S/C16H24N2O/c1-3-12-18-15-10-6-5-9-14(15)17-16(18)11-7-8-13(19)4-2/h5-6,9-10,13,19H,3-4,7-8,11-12H2,1-2H3. The Bertz CT molecular complexity index is 518. The van der Waals surface area contributed by atoms with Gasteiger partial charge in [-0.1, -0.05) is 26.0 Å². The minimum absolute atomic E-state index is 0.163. The van der Waals surface area contributed by atoms with Gasteiger partial charge in [-0.2, -0.15) is 0 Å². The highest BCUT2D eigenvalue weighted by molar-refractivity contribution is 5.75. The Kier molecular flexibility index (Phi) is 4.97. The lowest BCUT2D eigenvalue weighted by Gasteiger charge is -2.09. The van der Waals surface area contributed by atoms with Crippen LogP contribution in [0.25, 0.3) is 11.0 Å². The molecule has 1 unspecified atom stereocenters. The van der Waals surface area contributed by atoms with Crippen LogP contribution in [0.3, 0.4) is 0 Å². The summed E-state index contributed by atoms with van der Waals surface area (Å²) in [6, 6.07) is 8.32.